The highest BCUT2D eigenvalue weighted by Gasteiger charge is 2.18. The third-order valence-corrected chi connectivity index (χ3v) is 3.45. The van der Waals surface area contributed by atoms with Crippen LogP contribution in [0, 0.1) is 0 Å². The zero-order valence-corrected chi connectivity index (χ0v) is 10.4. The van der Waals surface area contributed by atoms with E-state index in [1.165, 1.54) is 10.9 Å². The van der Waals surface area contributed by atoms with Gasteiger partial charge in [-0.1, -0.05) is 55.8 Å². The van der Waals surface area contributed by atoms with E-state index in [4.69, 9.17) is 17.3 Å². The standard InChI is InChI=1S/C14H16ClN/c1-14(2,9-16)11-6-7-12-10(8-11)4-3-5-13(12)15/h3-8H,9,16H2,1-2H3. The highest BCUT2D eigenvalue weighted by molar-refractivity contribution is 6.35. The summed E-state index contributed by atoms with van der Waals surface area (Å²) >= 11 is 6.13. The number of rotatable bonds is 2. The normalized spacial score (nSPS) is 12.0. The van der Waals surface area contributed by atoms with Crippen LogP contribution in [-0.4, -0.2) is 6.54 Å². The molecule has 1 nitrogen and oxygen atoms in total. The van der Waals surface area contributed by atoms with Crippen LogP contribution < -0.4 is 5.73 Å². The minimum atomic E-state index is 0.0104. The topological polar surface area (TPSA) is 26.0 Å². The minimum Gasteiger partial charge on any atom is -0.330 e. The fraction of sp³-hybridized carbons (Fsp3) is 0.286. The van der Waals surface area contributed by atoms with Crippen molar-refractivity contribution in [3.8, 4) is 0 Å². The molecule has 0 heterocycles. The van der Waals surface area contributed by atoms with Crippen molar-refractivity contribution < 1.29 is 0 Å². The lowest BCUT2D eigenvalue weighted by molar-refractivity contribution is 0.540. The Bertz CT molecular complexity index is 517. The zero-order valence-electron chi connectivity index (χ0n) is 9.63. The van der Waals surface area contributed by atoms with Crippen LogP contribution in [0.4, 0.5) is 0 Å². The summed E-state index contributed by atoms with van der Waals surface area (Å²) in [5.41, 5.74) is 7.05. The Labute approximate surface area is 101 Å². The molecule has 2 aromatic carbocycles. The SMILES string of the molecule is CC(C)(CN)c1ccc2c(Cl)cccc2c1. The smallest absolute Gasteiger partial charge is 0.0484 e. The lowest BCUT2D eigenvalue weighted by Crippen LogP contribution is -2.27. The first-order valence-electron chi connectivity index (χ1n) is 5.43. The van der Waals surface area contributed by atoms with Crippen LogP contribution in [0.2, 0.25) is 5.02 Å². The van der Waals surface area contributed by atoms with Gasteiger partial charge in [0, 0.05) is 22.4 Å². The number of nitrogens with two attached hydrogens (primary N) is 1. The van der Waals surface area contributed by atoms with Crippen LogP contribution in [0.5, 0.6) is 0 Å². The number of halogens is 1. The van der Waals surface area contributed by atoms with Gasteiger partial charge in [-0.3, -0.25) is 0 Å². The van der Waals surface area contributed by atoms with Gasteiger partial charge in [0.15, 0.2) is 0 Å². The molecule has 0 fully saturated rings. The molecule has 0 amide bonds. The summed E-state index contributed by atoms with van der Waals surface area (Å²) in [6.45, 7) is 4.94. The van der Waals surface area contributed by atoms with Crippen LogP contribution in [0.1, 0.15) is 19.4 Å². The molecule has 0 unspecified atom stereocenters. The van der Waals surface area contributed by atoms with Crippen molar-refractivity contribution in [3.05, 3.63) is 47.0 Å². The molecule has 0 aromatic heterocycles. The van der Waals surface area contributed by atoms with Gasteiger partial charge in [-0.25, -0.2) is 0 Å². The summed E-state index contributed by atoms with van der Waals surface area (Å²) in [6.07, 6.45) is 0. The van der Waals surface area contributed by atoms with E-state index in [1.54, 1.807) is 0 Å². The molecular weight excluding hydrogens is 218 g/mol. The third kappa shape index (κ3) is 1.93. The summed E-state index contributed by atoms with van der Waals surface area (Å²) in [6, 6.07) is 12.3. The monoisotopic (exact) mass is 233 g/mol. The van der Waals surface area contributed by atoms with Gasteiger partial charge in [0.05, 0.1) is 0 Å². The van der Waals surface area contributed by atoms with Gasteiger partial charge < -0.3 is 5.73 Å². The number of benzene rings is 2. The third-order valence-electron chi connectivity index (χ3n) is 3.12. The molecule has 0 radical (unpaired) electrons. The van der Waals surface area contributed by atoms with E-state index in [0.717, 1.165) is 10.4 Å². The molecular formula is C14H16ClN. The molecule has 0 spiro atoms. The minimum absolute atomic E-state index is 0.0104. The Morgan fingerprint density at radius 3 is 2.62 bits per heavy atom. The van der Waals surface area contributed by atoms with Gasteiger partial charge in [-0.15, -0.1) is 0 Å². The average molecular weight is 234 g/mol. The second-order valence-corrected chi connectivity index (χ2v) is 5.17. The predicted molar refractivity (Wildman–Crippen MR) is 71.0 cm³/mol. The lowest BCUT2D eigenvalue weighted by Gasteiger charge is -2.23. The maximum atomic E-state index is 6.13. The molecule has 0 atom stereocenters. The van der Waals surface area contributed by atoms with Gasteiger partial charge in [0.25, 0.3) is 0 Å². The molecule has 2 aromatic rings. The van der Waals surface area contributed by atoms with E-state index in [0.29, 0.717) is 6.54 Å². The molecule has 2 N–H and O–H groups in total. The first-order chi connectivity index (χ1) is 7.54. The molecule has 2 rings (SSSR count). The molecule has 2 heteroatoms. The molecule has 0 saturated carbocycles. The fourth-order valence-electron chi connectivity index (χ4n) is 1.78. The van der Waals surface area contributed by atoms with Crippen LogP contribution in [0.15, 0.2) is 36.4 Å². The highest BCUT2D eigenvalue weighted by Crippen LogP contribution is 2.29. The van der Waals surface area contributed by atoms with E-state index >= 15 is 0 Å². The molecule has 0 aliphatic carbocycles. The zero-order chi connectivity index (χ0) is 11.8. The summed E-state index contributed by atoms with van der Waals surface area (Å²) in [4.78, 5) is 0. The maximum absolute atomic E-state index is 6.13. The molecule has 0 aliphatic heterocycles. The Balaban J connectivity index is 2.61. The van der Waals surface area contributed by atoms with Crippen molar-refractivity contribution in [2.24, 2.45) is 5.73 Å². The van der Waals surface area contributed by atoms with E-state index in [9.17, 15) is 0 Å². The summed E-state index contributed by atoms with van der Waals surface area (Å²) in [5, 5.41) is 3.07. The predicted octanol–water partition coefficient (Wildman–Crippen LogP) is 3.73. The van der Waals surface area contributed by atoms with E-state index in [-0.39, 0.29) is 5.41 Å². The Morgan fingerprint density at radius 2 is 1.94 bits per heavy atom. The lowest BCUT2D eigenvalue weighted by atomic mass is 9.84. The van der Waals surface area contributed by atoms with Crippen molar-refractivity contribution in [1.29, 1.82) is 0 Å². The van der Waals surface area contributed by atoms with Gasteiger partial charge in [0.2, 0.25) is 0 Å². The summed E-state index contributed by atoms with van der Waals surface area (Å²) in [5.74, 6) is 0. The van der Waals surface area contributed by atoms with Crippen LogP contribution in [0.3, 0.4) is 0 Å². The van der Waals surface area contributed by atoms with Crippen molar-refractivity contribution in [1.82, 2.24) is 0 Å². The van der Waals surface area contributed by atoms with Crippen LogP contribution in [-0.2, 0) is 5.41 Å². The number of hydrogen-bond acceptors (Lipinski definition) is 1. The average Bonchev–Trinajstić information content (AvgIpc) is 2.29. The van der Waals surface area contributed by atoms with Gasteiger partial charge >= 0.3 is 0 Å². The van der Waals surface area contributed by atoms with E-state index in [2.05, 4.69) is 38.1 Å². The number of fused-ring (bicyclic) bond motifs is 1. The van der Waals surface area contributed by atoms with Crippen LogP contribution >= 0.6 is 11.6 Å². The van der Waals surface area contributed by atoms with Gasteiger partial charge in [0.1, 0.15) is 0 Å². The van der Waals surface area contributed by atoms with Gasteiger partial charge in [-0.2, -0.15) is 0 Å². The Hall–Kier alpha value is -1.05. The van der Waals surface area contributed by atoms with E-state index in [1.807, 2.05) is 12.1 Å². The van der Waals surface area contributed by atoms with Gasteiger partial charge in [-0.05, 0) is 17.0 Å². The summed E-state index contributed by atoms with van der Waals surface area (Å²) in [7, 11) is 0. The molecule has 0 bridgehead atoms. The second-order valence-electron chi connectivity index (χ2n) is 4.76. The van der Waals surface area contributed by atoms with Crippen molar-refractivity contribution in [2.75, 3.05) is 6.54 Å². The fourth-order valence-corrected chi connectivity index (χ4v) is 2.03. The largest absolute Gasteiger partial charge is 0.330 e. The van der Waals surface area contributed by atoms with Crippen LogP contribution in [0.25, 0.3) is 10.8 Å². The summed E-state index contributed by atoms with van der Waals surface area (Å²) < 4.78 is 0. The van der Waals surface area contributed by atoms with E-state index < -0.39 is 0 Å². The van der Waals surface area contributed by atoms with Crippen molar-refractivity contribution in [2.45, 2.75) is 19.3 Å². The first kappa shape index (κ1) is 11.4. The molecule has 0 aliphatic rings. The van der Waals surface area contributed by atoms with Crippen molar-refractivity contribution in [3.63, 3.8) is 0 Å². The molecule has 0 saturated heterocycles. The Kier molecular flexibility index (Phi) is 2.92. The quantitative estimate of drug-likeness (QED) is 0.841. The maximum Gasteiger partial charge on any atom is 0.0484 e. The second kappa shape index (κ2) is 4.08. The first-order valence-corrected chi connectivity index (χ1v) is 5.81. The molecule has 16 heavy (non-hydrogen) atoms. The highest BCUT2D eigenvalue weighted by atomic mass is 35.5. The van der Waals surface area contributed by atoms with Crippen molar-refractivity contribution >= 4 is 22.4 Å². The number of hydrogen-bond donors (Lipinski definition) is 1. The molecule has 84 valence electrons. The Morgan fingerprint density at radius 1 is 1.19 bits per heavy atom.